The molecule has 0 spiro atoms. The molecule has 0 unspecified atom stereocenters. The molecule has 3 aromatic rings. The second-order valence-electron chi connectivity index (χ2n) is 7.60. The van der Waals surface area contributed by atoms with Gasteiger partial charge in [0.2, 0.25) is 5.91 Å². The van der Waals surface area contributed by atoms with E-state index >= 15 is 0 Å². The largest absolute Gasteiger partial charge is 0.493 e. The van der Waals surface area contributed by atoms with Crippen LogP contribution < -0.4 is 26.0 Å². The molecule has 1 amide bonds. The first kappa shape index (κ1) is 22.6. The van der Waals surface area contributed by atoms with Gasteiger partial charge in [-0.2, -0.15) is 0 Å². The Bertz CT molecular complexity index is 1190. The minimum atomic E-state index is -0.459. The third-order valence-corrected chi connectivity index (χ3v) is 5.76. The molecule has 8 nitrogen and oxygen atoms in total. The van der Waals surface area contributed by atoms with Crippen molar-refractivity contribution in [3.63, 3.8) is 0 Å². The predicted octanol–water partition coefficient (Wildman–Crippen LogP) is 2.26. The summed E-state index contributed by atoms with van der Waals surface area (Å²) in [4.78, 5) is 38.1. The van der Waals surface area contributed by atoms with Gasteiger partial charge in [0.1, 0.15) is 11.2 Å². The van der Waals surface area contributed by atoms with Gasteiger partial charge in [-0.3, -0.25) is 18.7 Å². The second kappa shape index (κ2) is 9.82. The monoisotopic (exact) mass is 445 g/mol. The Morgan fingerprint density at radius 1 is 1.10 bits per heavy atom. The SMILES string of the molecule is COc1ccc(CCNC(=O)Cn2c(=O)n(CC(C)C)c(=O)c3sccc32)cc1OC. The van der Waals surface area contributed by atoms with Crippen LogP contribution in [0.25, 0.3) is 10.2 Å². The molecule has 9 heteroatoms. The number of hydrogen-bond acceptors (Lipinski definition) is 6. The third kappa shape index (κ3) is 4.99. The Labute approximate surface area is 184 Å². The molecule has 0 saturated carbocycles. The summed E-state index contributed by atoms with van der Waals surface area (Å²) < 4.78 is 13.6. The van der Waals surface area contributed by atoms with E-state index in [2.05, 4.69) is 5.32 Å². The minimum absolute atomic E-state index is 0.131. The van der Waals surface area contributed by atoms with E-state index in [1.54, 1.807) is 25.7 Å². The number of carbonyl (C=O) groups excluding carboxylic acids is 1. The van der Waals surface area contributed by atoms with Crippen molar-refractivity contribution in [1.82, 2.24) is 14.5 Å². The van der Waals surface area contributed by atoms with Crippen LogP contribution in [-0.4, -0.2) is 35.8 Å². The summed E-state index contributed by atoms with van der Waals surface area (Å²) in [5.41, 5.74) is 0.726. The summed E-state index contributed by atoms with van der Waals surface area (Å²) >= 11 is 1.28. The van der Waals surface area contributed by atoms with Crippen LogP contribution in [0.5, 0.6) is 11.5 Å². The van der Waals surface area contributed by atoms with Gasteiger partial charge in [0, 0.05) is 13.1 Å². The first-order valence-electron chi connectivity index (χ1n) is 10.0. The summed E-state index contributed by atoms with van der Waals surface area (Å²) in [5, 5.41) is 4.61. The van der Waals surface area contributed by atoms with Gasteiger partial charge in [0.25, 0.3) is 5.56 Å². The molecule has 2 aromatic heterocycles. The highest BCUT2D eigenvalue weighted by atomic mass is 32.1. The quantitative estimate of drug-likeness (QED) is 0.546. The number of benzene rings is 1. The zero-order valence-electron chi connectivity index (χ0n) is 18.1. The van der Waals surface area contributed by atoms with E-state index in [-0.39, 0.29) is 23.9 Å². The molecule has 31 heavy (non-hydrogen) atoms. The fraction of sp³-hybridized carbons (Fsp3) is 0.409. The molecule has 166 valence electrons. The molecule has 1 N–H and O–H groups in total. The molecule has 0 radical (unpaired) electrons. The van der Waals surface area contributed by atoms with E-state index < -0.39 is 5.69 Å². The first-order chi connectivity index (χ1) is 14.8. The van der Waals surface area contributed by atoms with Crippen molar-refractivity contribution in [3.05, 3.63) is 56.0 Å². The normalized spacial score (nSPS) is 11.1. The topological polar surface area (TPSA) is 91.6 Å². The molecule has 0 aliphatic rings. The minimum Gasteiger partial charge on any atom is -0.493 e. The second-order valence-corrected chi connectivity index (χ2v) is 8.52. The van der Waals surface area contributed by atoms with Crippen LogP contribution in [0.15, 0.2) is 39.2 Å². The lowest BCUT2D eigenvalue weighted by molar-refractivity contribution is -0.121. The van der Waals surface area contributed by atoms with Gasteiger partial charge in [0.05, 0.1) is 19.7 Å². The number of nitrogens with zero attached hydrogens (tertiary/aromatic N) is 2. The van der Waals surface area contributed by atoms with Crippen molar-refractivity contribution in [2.24, 2.45) is 5.92 Å². The Balaban J connectivity index is 1.73. The van der Waals surface area contributed by atoms with Crippen molar-refractivity contribution in [1.29, 1.82) is 0 Å². The average molecular weight is 446 g/mol. The lowest BCUT2D eigenvalue weighted by Crippen LogP contribution is -2.43. The predicted molar refractivity (Wildman–Crippen MR) is 121 cm³/mol. The standard InChI is InChI=1S/C22H27N3O5S/c1-14(2)12-25-21(27)20-16(8-10-31-20)24(22(25)28)13-19(26)23-9-7-15-5-6-17(29-3)18(11-15)30-4/h5-6,8,10-11,14H,7,9,12-13H2,1-4H3,(H,23,26). The lowest BCUT2D eigenvalue weighted by atomic mass is 10.1. The molecular weight excluding hydrogens is 418 g/mol. The average Bonchev–Trinajstić information content (AvgIpc) is 3.24. The van der Waals surface area contributed by atoms with Crippen molar-refractivity contribution in [2.45, 2.75) is 33.4 Å². The number of methoxy groups -OCH3 is 2. The van der Waals surface area contributed by atoms with Crippen molar-refractivity contribution in [2.75, 3.05) is 20.8 Å². The van der Waals surface area contributed by atoms with Crippen LogP contribution >= 0.6 is 11.3 Å². The number of hydrogen-bond donors (Lipinski definition) is 1. The molecule has 0 aliphatic carbocycles. The molecule has 0 bridgehead atoms. The number of nitrogens with one attached hydrogen (secondary N) is 1. The van der Waals surface area contributed by atoms with Gasteiger partial charge >= 0.3 is 5.69 Å². The molecule has 0 aliphatic heterocycles. The highest BCUT2D eigenvalue weighted by molar-refractivity contribution is 7.17. The van der Waals surface area contributed by atoms with Crippen LogP contribution in [0.4, 0.5) is 0 Å². The zero-order chi connectivity index (χ0) is 22.5. The van der Waals surface area contributed by atoms with Crippen LogP contribution in [-0.2, 0) is 24.3 Å². The van der Waals surface area contributed by atoms with Crippen LogP contribution in [0, 0.1) is 5.92 Å². The highest BCUT2D eigenvalue weighted by Gasteiger charge is 2.17. The van der Waals surface area contributed by atoms with E-state index in [0.717, 1.165) is 5.56 Å². The number of carbonyl (C=O) groups is 1. The number of thiophene rings is 1. The van der Waals surface area contributed by atoms with E-state index in [1.807, 2.05) is 32.0 Å². The van der Waals surface area contributed by atoms with Crippen LogP contribution in [0.1, 0.15) is 19.4 Å². The van der Waals surface area contributed by atoms with Gasteiger partial charge in [-0.15, -0.1) is 11.3 Å². The van der Waals surface area contributed by atoms with Crippen molar-refractivity contribution < 1.29 is 14.3 Å². The maximum Gasteiger partial charge on any atom is 0.332 e. The maximum atomic E-state index is 12.9. The summed E-state index contributed by atoms with van der Waals surface area (Å²) in [6, 6.07) is 7.31. The smallest absolute Gasteiger partial charge is 0.332 e. The van der Waals surface area contributed by atoms with Crippen molar-refractivity contribution in [3.8, 4) is 11.5 Å². The van der Waals surface area contributed by atoms with Crippen molar-refractivity contribution >= 4 is 27.5 Å². The number of fused-ring (bicyclic) bond motifs is 1. The van der Waals surface area contributed by atoms with E-state index in [9.17, 15) is 14.4 Å². The number of ether oxygens (including phenoxy) is 2. The maximum absolute atomic E-state index is 12.9. The van der Waals surface area contributed by atoms with Crippen LogP contribution in [0.3, 0.4) is 0 Å². The molecule has 2 heterocycles. The molecule has 0 saturated heterocycles. The van der Waals surface area contributed by atoms with Gasteiger partial charge in [-0.05, 0) is 41.5 Å². The Kier molecular flexibility index (Phi) is 7.17. The number of rotatable bonds is 9. The van der Waals surface area contributed by atoms with Crippen LogP contribution in [0.2, 0.25) is 0 Å². The van der Waals surface area contributed by atoms with Gasteiger partial charge in [-0.1, -0.05) is 19.9 Å². The summed E-state index contributed by atoms with van der Waals surface area (Å²) in [7, 11) is 3.15. The summed E-state index contributed by atoms with van der Waals surface area (Å²) in [6.07, 6.45) is 0.599. The van der Waals surface area contributed by atoms with Gasteiger partial charge < -0.3 is 14.8 Å². The zero-order valence-corrected chi connectivity index (χ0v) is 19.0. The molecule has 1 aromatic carbocycles. The molecular formula is C22H27N3O5S. The lowest BCUT2D eigenvalue weighted by Gasteiger charge is -2.14. The fourth-order valence-electron chi connectivity index (χ4n) is 3.39. The van der Waals surface area contributed by atoms with Gasteiger partial charge in [0.15, 0.2) is 11.5 Å². The Morgan fingerprint density at radius 3 is 2.52 bits per heavy atom. The molecule has 3 rings (SSSR count). The molecule has 0 fully saturated rings. The first-order valence-corrected chi connectivity index (χ1v) is 10.9. The summed E-state index contributed by atoms with van der Waals surface area (Å²) in [6.45, 7) is 4.45. The highest BCUT2D eigenvalue weighted by Crippen LogP contribution is 2.27. The number of aromatic nitrogens is 2. The van der Waals surface area contributed by atoms with E-state index in [1.165, 1.54) is 20.5 Å². The Hall–Kier alpha value is -3.07. The Morgan fingerprint density at radius 2 is 1.84 bits per heavy atom. The van der Waals surface area contributed by atoms with E-state index in [4.69, 9.17) is 9.47 Å². The van der Waals surface area contributed by atoms with E-state index in [0.29, 0.717) is 41.2 Å². The number of amides is 1. The molecule has 0 atom stereocenters. The summed E-state index contributed by atoms with van der Waals surface area (Å²) in [5.74, 6) is 1.12. The fourth-order valence-corrected chi connectivity index (χ4v) is 4.24. The van der Waals surface area contributed by atoms with Gasteiger partial charge in [-0.25, -0.2) is 4.79 Å². The third-order valence-electron chi connectivity index (χ3n) is 4.87.